The second kappa shape index (κ2) is 8.63. The van der Waals surface area contributed by atoms with Crippen LogP contribution in [0.5, 0.6) is 0 Å². The molecule has 0 spiro atoms. The quantitative estimate of drug-likeness (QED) is 0.700. The van der Waals surface area contributed by atoms with Gasteiger partial charge in [0.05, 0.1) is 19.3 Å². The lowest BCUT2D eigenvalue weighted by atomic mass is 10.2. The summed E-state index contributed by atoms with van der Waals surface area (Å²) >= 11 is 0. The van der Waals surface area contributed by atoms with Gasteiger partial charge < -0.3 is 20.5 Å². The molecule has 0 atom stereocenters. The maximum Gasteiger partial charge on any atom is 0.250 e. The molecular weight excluding hydrogens is 244 g/mol. The summed E-state index contributed by atoms with van der Waals surface area (Å²) in [5.41, 5.74) is 7.24. The number of nitrogens with one attached hydrogen (secondary N) is 1. The monoisotopic (exact) mass is 266 g/mol. The Morgan fingerprint density at radius 2 is 2.16 bits per heavy atom. The van der Waals surface area contributed by atoms with E-state index in [1.165, 1.54) is 0 Å². The number of hydrogen-bond donors (Lipinski definition) is 2. The van der Waals surface area contributed by atoms with E-state index in [2.05, 4.69) is 5.32 Å². The molecule has 1 amide bonds. The molecule has 0 saturated heterocycles. The highest BCUT2D eigenvalue weighted by molar-refractivity contribution is 5.91. The first kappa shape index (κ1) is 15.6. The zero-order chi connectivity index (χ0) is 14.1. The van der Waals surface area contributed by atoms with Gasteiger partial charge in [-0.15, -0.1) is 0 Å². The molecule has 1 aromatic rings. The summed E-state index contributed by atoms with van der Waals surface area (Å²) in [6.07, 6.45) is 0.177. The number of ether oxygens (including phenoxy) is 2. The highest BCUT2D eigenvalue weighted by Crippen LogP contribution is 2.09. The first-order valence-electron chi connectivity index (χ1n) is 6.40. The molecule has 0 saturated carbocycles. The minimum atomic E-state index is -0.182. The number of benzene rings is 1. The van der Waals surface area contributed by atoms with Gasteiger partial charge >= 0.3 is 0 Å². The highest BCUT2D eigenvalue weighted by atomic mass is 16.5. The van der Waals surface area contributed by atoms with E-state index in [1.54, 1.807) is 0 Å². The molecule has 0 radical (unpaired) electrons. The zero-order valence-electron chi connectivity index (χ0n) is 11.5. The minimum Gasteiger partial charge on any atom is -0.376 e. The smallest absolute Gasteiger partial charge is 0.250 e. The first-order chi connectivity index (χ1) is 9.11. The van der Waals surface area contributed by atoms with Crippen LogP contribution >= 0.6 is 0 Å². The highest BCUT2D eigenvalue weighted by Gasteiger charge is 2.03. The van der Waals surface area contributed by atoms with Gasteiger partial charge in [-0.05, 0) is 31.5 Å². The lowest BCUT2D eigenvalue weighted by molar-refractivity contribution is -0.121. The third-order valence-corrected chi connectivity index (χ3v) is 2.36. The molecule has 0 fully saturated rings. The molecule has 0 aliphatic rings. The summed E-state index contributed by atoms with van der Waals surface area (Å²) in [7, 11) is 0. The molecule has 0 aromatic heterocycles. The van der Waals surface area contributed by atoms with Gasteiger partial charge in [-0.3, -0.25) is 4.79 Å². The Kier molecular flexibility index (Phi) is 7.10. The summed E-state index contributed by atoms with van der Waals surface area (Å²) in [6.45, 7) is 5.29. The molecule has 5 nitrogen and oxygen atoms in total. The van der Waals surface area contributed by atoms with E-state index >= 15 is 0 Å². The topological polar surface area (TPSA) is 73.6 Å². The van der Waals surface area contributed by atoms with E-state index in [-0.39, 0.29) is 18.6 Å². The number of carbonyl (C=O) groups is 1. The number of amides is 1. The van der Waals surface area contributed by atoms with E-state index in [0.717, 1.165) is 11.3 Å². The Morgan fingerprint density at radius 3 is 2.84 bits per heavy atom. The maximum atomic E-state index is 11.6. The van der Waals surface area contributed by atoms with Crippen LogP contribution in [0.25, 0.3) is 0 Å². The van der Waals surface area contributed by atoms with Gasteiger partial charge in [-0.2, -0.15) is 0 Å². The van der Waals surface area contributed by atoms with Gasteiger partial charge in [0.25, 0.3) is 0 Å². The van der Waals surface area contributed by atoms with Crippen molar-refractivity contribution in [2.24, 2.45) is 5.73 Å². The van der Waals surface area contributed by atoms with Crippen molar-refractivity contribution in [3.8, 4) is 0 Å². The molecule has 0 bridgehead atoms. The van der Waals surface area contributed by atoms with Crippen LogP contribution in [0.1, 0.15) is 19.4 Å². The third kappa shape index (κ3) is 6.91. The zero-order valence-corrected chi connectivity index (χ0v) is 11.5. The Labute approximate surface area is 114 Å². The number of hydrogen-bond acceptors (Lipinski definition) is 4. The van der Waals surface area contributed by atoms with Crippen molar-refractivity contribution in [1.82, 2.24) is 0 Å². The van der Waals surface area contributed by atoms with Crippen molar-refractivity contribution in [2.75, 3.05) is 25.1 Å². The Balaban J connectivity index is 2.23. The predicted octanol–water partition coefficient (Wildman–Crippen LogP) is 1.53. The molecule has 0 unspecified atom stereocenters. The van der Waals surface area contributed by atoms with Gasteiger partial charge in [0.15, 0.2) is 0 Å². The van der Waals surface area contributed by atoms with Gasteiger partial charge in [0, 0.05) is 12.2 Å². The number of anilines is 1. The lowest BCUT2D eigenvalue weighted by Gasteiger charge is -2.09. The summed E-state index contributed by atoms with van der Waals surface area (Å²) in [5.74, 6) is -0.182. The van der Waals surface area contributed by atoms with E-state index in [9.17, 15) is 4.79 Å². The Morgan fingerprint density at radius 1 is 1.37 bits per heavy atom. The van der Waals surface area contributed by atoms with Crippen LogP contribution in [0, 0.1) is 0 Å². The molecule has 0 aliphatic carbocycles. The van der Waals surface area contributed by atoms with Crippen LogP contribution in [0.15, 0.2) is 24.3 Å². The molecule has 1 rings (SSSR count). The minimum absolute atomic E-state index is 0.0221. The molecule has 5 heteroatoms. The summed E-state index contributed by atoms with van der Waals surface area (Å²) < 4.78 is 10.5. The second-order valence-electron chi connectivity index (χ2n) is 4.42. The fraction of sp³-hybridized carbons (Fsp3) is 0.500. The van der Waals surface area contributed by atoms with Crippen molar-refractivity contribution in [3.63, 3.8) is 0 Å². The summed E-state index contributed by atoms with van der Waals surface area (Å²) in [6, 6.07) is 7.43. The molecule has 19 heavy (non-hydrogen) atoms. The molecule has 3 N–H and O–H groups in total. The van der Waals surface area contributed by atoms with Crippen molar-refractivity contribution < 1.29 is 14.3 Å². The van der Waals surface area contributed by atoms with E-state index in [4.69, 9.17) is 15.2 Å². The van der Waals surface area contributed by atoms with Gasteiger partial charge in [0.1, 0.15) is 6.61 Å². The number of nitrogens with two attached hydrogens (primary N) is 1. The molecular formula is C14H22N2O3. The fourth-order valence-corrected chi connectivity index (χ4v) is 1.48. The van der Waals surface area contributed by atoms with Crippen LogP contribution in [0.3, 0.4) is 0 Å². The number of carbonyl (C=O) groups excluding carboxylic acids is 1. The Hall–Kier alpha value is -1.43. The SMILES string of the molecule is CC(C)OCCOCC(=O)Nc1cccc(CN)c1. The third-order valence-electron chi connectivity index (χ3n) is 2.36. The molecule has 106 valence electrons. The molecule has 0 aliphatic heterocycles. The molecule has 0 heterocycles. The van der Waals surface area contributed by atoms with Crippen molar-refractivity contribution in [2.45, 2.75) is 26.5 Å². The number of rotatable bonds is 8. The largest absolute Gasteiger partial charge is 0.376 e. The van der Waals surface area contributed by atoms with Crippen LogP contribution in [0.2, 0.25) is 0 Å². The average Bonchev–Trinajstić information content (AvgIpc) is 2.38. The van der Waals surface area contributed by atoms with Gasteiger partial charge in [-0.1, -0.05) is 12.1 Å². The summed E-state index contributed by atoms with van der Waals surface area (Å²) in [4.78, 5) is 11.6. The van der Waals surface area contributed by atoms with E-state index in [0.29, 0.717) is 19.8 Å². The van der Waals surface area contributed by atoms with Crippen LogP contribution in [-0.4, -0.2) is 31.8 Å². The van der Waals surface area contributed by atoms with Crippen molar-refractivity contribution in [1.29, 1.82) is 0 Å². The first-order valence-corrected chi connectivity index (χ1v) is 6.40. The maximum absolute atomic E-state index is 11.6. The van der Waals surface area contributed by atoms with Crippen LogP contribution < -0.4 is 11.1 Å². The van der Waals surface area contributed by atoms with Crippen LogP contribution in [0.4, 0.5) is 5.69 Å². The van der Waals surface area contributed by atoms with Gasteiger partial charge in [0.2, 0.25) is 5.91 Å². The van der Waals surface area contributed by atoms with E-state index < -0.39 is 0 Å². The predicted molar refractivity (Wildman–Crippen MR) is 74.9 cm³/mol. The average molecular weight is 266 g/mol. The summed E-state index contributed by atoms with van der Waals surface area (Å²) in [5, 5.41) is 2.76. The van der Waals surface area contributed by atoms with Crippen LogP contribution in [-0.2, 0) is 20.8 Å². The lowest BCUT2D eigenvalue weighted by Crippen LogP contribution is -2.20. The molecule has 1 aromatic carbocycles. The normalized spacial score (nSPS) is 10.7. The van der Waals surface area contributed by atoms with Crippen molar-refractivity contribution >= 4 is 11.6 Å². The van der Waals surface area contributed by atoms with Gasteiger partial charge in [-0.25, -0.2) is 0 Å². The van der Waals surface area contributed by atoms with Crippen molar-refractivity contribution in [3.05, 3.63) is 29.8 Å². The standard InChI is InChI=1S/C14H22N2O3/c1-11(2)19-7-6-18-10-14(17)16-13-5-3-4-12(8-13)9-15/h3-5,8,11H,6-7,9-10,15H2,1-2H3,(H,16,17). The second-order valence-corrected chi connectivity index (χ2v) is 4.42. The fourth-order valence-electron chi connectivity index (χ4n) is 1.48. The van der Waals surface area contributed by atoms with E-state index in [1.807, 2.05) is 38.1 Å². The Bertz CT molecular complexity index is 394.